The fraction of sp³-hybridized carbons (Fsp3) is 0.529. The number of hydrogen-bond acceptors (Lipinski definition) is 5. The van der Waals surface area contributed by atoms with Gasteiger partial charge in [0, 0.05) is 19.2 Å². The van der Waals surface area contributed by atoms with Crippen LogP contribution in [-0.2, 0) is 9.53 Å². The van der Waals surface area contributed by atoms with Crippen molar-refractivity contribution in [2.75, 3.05) is 32.5 Å². The Morgan fingerprint density at radius 2 is 1.92 bits per heavy atom. The lowest BCUT2D eigenvalue weighted by molar-refractivity contribution is -0.137. The van der Waals surface area contributed by atoms with E-state index in [-0.39, 0.29) is 28.8 Å². The molecule has 2 rings (SSSR count). The van der Waals surface area contributed by atoms with Gasteiger partial charge in [0.05, 0.1) is 17.8 Å². The molecule has 1 heterocycles. The molecule has 0 bridgehead atoms. The van der Waals surface area contributed by atoms with Gasteiger partial charge in [0.1, 0.15) is 11.3 Å². The molecular weight excluding hydrogens is 332 g/mol. The summed E-state index contributed by atoms with van der Waals surface area (Å²) < 4.78 is 10.3. The highest BCUT2D eigenvalue weighted by Gasteiger charge is 2.26. The van der Waals surface area contributed by atoms with Crippen LogP contribution in [-0.4, -0.2) is 43.6 Å². The van der Waals surface area contributed by atoms with E-state index in [0.717, 1.165) is 6.42 Å². The fourth-order valence-electron chi connectivity index (χ4n) is 3.06. The number of halogens is 1. The van der Waals surface area contributed by atoms with Crippen molar-refractivity contribution in [3.05, 3.63) is 22.7 Å². The minimum absolute atomic E-state index is 0.143. The SMILES string of the molecule is COc1cc(N)c(Cl)cc1C(=O)OCC(=O)N1C[C@H](C)C[C@H](C)C1. The second-order valence-electron chi connectivity index (χ2n) is 6.39. The summed E-state index contributed by atoms with van der Waals surface area (Å²) in [6.45, 7) is 5.31. The monoisotopic (exact) mass is 354 g/mol. The number of rotatable bonds is 4. The van der Waals surface area contributed by atoms with Gasteiger partial charge in [0.2, 0.25) is 0 Å². The second-order valence-corrected chi connectivity index (χ2v) is 6.80. The Balaban J connectivity index is 2.00. The quantitative estimate of drug-likeness (QED) is 0.663. The van der Waals surface area contributed by atoms with Gasteiger partial charge in [-0.25, -0.2) is 4.79 Å². The fourth-order valence-corrected chi connectivity index (χ4v) is 3.22. The molecule has 1 amide bonds. The van der Waals surface area contributed by atoms with Crippen molar-refractivity contribution in [3.63, 3.8) is 0 Å². The lowest BCUT2D eigenvalue weighted by Crippen LogP contribution is -2.44. The standard InChI is InChI=1S/C17H23ClN2O4/c1-10-4-11(2)8-20(7-10)16(21)9-24-17(22)12-5-13(18)14(19)6-15(12)23-3/h5-6,10-11H,4,7-9,19H2,1-3H3/t10-,11+. The lowest BCUT2D eigenvalue weighted by atomic mass is 9.92. The summed E-state index contributed by atoms with van der Waals surface area (Å²) in [5.41, 5.74) is 6.13. The summed E-state index contributed by atoms with van der Waals surface area (Å²) in [6.07, 6.45) is 1.10. The highest BCUT2D eigenvalue weighted by atomic mass is 35.5. The van der Waals surface area contributed by atoms with E-state index in [1.54, 1.807) is 4.90 Å². The molecular formula is C17H23ClN2O4. The number of methoxy groups -OCH3 is 1. The van der Waals surface area contributed by atoms with Crippen LogP contribution in [0.2, 0.25) is 5.02 Å². The molecule has 1 aliphatic rings. The zero-order chi connectivity index (χ0) is 17.9. The first-order chi connectivity index (χ1) is 11.3. The number of amides is 1. The molecule has 0 saturated carbocycles. The predicted molar refractivity (Wildman–Crippen MR) is 92.2 cm³/mol. The van der Waals surface area contributed by atoms with Crippen molar-refractivity contribution in [3.8, 4) is 5.75 Å². The van der Waals surface area contributed by atoms with Crippen LogP contribution in [0.3, 0.4) is 0 Å². The van der Waals surface area contributed by atoms with Gasteiger partial charge in [-0.1, -0.05) is 25.4 Å². The molecule has 7 heteroatoms. The third kappa shape index (κ3) is 4.32. The average Bonchev–Trinajstić information content (AvgIpc) is 2.53. The number of piperidine rings is 1. The van der Waals surface area contributed by atoms with Gasteiger partial charge in [-0.15, -0.1) is 0 Å². The molecule has 2 N–H and O–H groups in total. The van der Waals surface area contributed by atoms with Crippen molar-refractivity contribution in [1.82, 2.24) is 4.90 Å². The Labute approximate surface area is 146 Å². The molecule has 1 aromatic rings. The van der Waals surface area contributed by atoms with Crippen molar-refractivity contribution in [2.24, 2.45) is 11.8 Å². The van der Waals surface area contributed by atoms with Gasteiger partial charge in [0.15, 0.2) is 6.61 Å². The maximum atomic E-state index is 12.3. The van der Waals surface area contributed by atoms with E-state index in [0.29, 0.717) is 30.6 Å². The molecule has 6 nitrogen and oxygen atoms in total. The molecule has 132 valence electrons. The largest absolute Gasteiger partial charge is 0.496 e. The summed E-state index contributed by atoms with van der Waals surface area (Å²) in [5.74, 6) is 0.297. The number of nitrogens with zero attached hydrogens (tertiary/aromatic N) is 1. The van der Waals surface area contributed by atoms with Crippen molar-refractivity contribution >= 4 is 29.2 Å². The molecule has 0 aromatic heterocycles. The molecule has 1 aromatic carbocycles. The zero-order valence-corrected chi connectivity index (χ0v) is 14.9. The van der Waals surface area contributed by atoms with Crippen LogP contribution in [0.25, 0.3) is 0 Å². The number of likely N-dealkylation sites (tertiary alicyclic amines) is 1. The number of nitrogen functional groups attached to an aromatic ring is 1. The van der Waals surface area contributed by atoms with Gasteiger partial charge in [-0.2, -0.15) is 0 Å². The summed E-state index contributed by atoms with van der Waals surface area (Å²) in [5, 5.41) is 0.229. The van der Waals surface area contributed by atoms with Crippen molar-refractivity contribution < 1.29 is 19.1 Å². The molecule has 24 heavy (non-hydrogen) atoms. The number of nitrogens with two attached hydrogens (primary N) is 1. The molecule has 2 atom stereocenters. The molecule has 1 fully saturated rings. The van der Waals surface area contributed by atoms with Gasteiger partial charge >= 0.3 is 5.97 Å². The minimum atomic E-state index is -0.666. The van der Waals surface area contributed by atoms with Crippen LogP contribution in [0.1, 0.15) is 30.6 Å². The van der Waals surface area contributed by atoms with E-state index in [4.69, 9.17) is 26.8 Å². The van der Waals surface area contributed by atoms with E-state index in [1.807, 2.05) is 0 Å². The number of esters is 1. The normalized spacial score (nSPS) is 20.6. The molecule has 0 unspecified atom stereocenters. The molecule has 1 aliphatic heterocycles. The average molecular weight is 355 g/mol. The van der Waals surface area contributed by atoms with E-state index in [9.17, 15) is 9.59 Å². The number of carbonyl (C=O) groups excluding carboxylic acids is 2. The Morgan fingerprint density at radius 1 is 1.29 bits per heavy atom. The Morgan fingerprint density at radius 3 is 2.50 bits per heavy atom. The maximum Gasteiger partial charge on any atom is 0.342 e. The molecule has 0 aliphatic carbocycles. The van der Waals surface area contributed by atoms with Crippen LogP contribution >= 0.6 is 11.6 Å². The van der Waals surface area contributed by atoms with Crippen LogP contribution in [0.15, 0.2) is 12.1 Å². The minimum Gasteiger partial charge on any atom is -0.496 e. The Kier molecular flexibility index (Phi) is 5.94. The number of carbonyl (C=O) groups is 2. The summed E-state index contributed by atoms with van der Waals surface area (Å²) in [6, 6.07) is 2.84. The van der Waals surface area contributed by atoms with Gasteiger partial charge < -0.3 is 20.1 Å². The van der Waals surface area contributed by atoms with Crippen LogP contribution in [0.5, 0.6) is 5.75 Å². The first kappa shape index (κ1) is 18.4. The van der Waals surface area contributed by atoms with E-state index < -0.39 is 5.97 Å². The van der Waals surface area contributed by atoms with E-state index in [1.165, 1.54) is 19.2 Å². The number of benzene rings is 1. The van der Waals surface area contributed by atoms with E-state index >= 15 is 0 Å². The highest BCUT2D eigenvalue weighted by Crippen LogP contribution is 2.29. The van der Waals surface area contributed by atoms with Crippen molar-refractivity contribution in [1.29, 1.82) is 0 Å². The Hall–Kier alpha value is -1.95. The predicted octanol–water partition coefficient (Wildman–Crippen LogP) is 2.59. The van der Waals surface area contributed by atoms with Crippen LogP contribution in [0.4, 0.5) is 5.69 Å². The summed E-state index contributed by atoms with van der Waals surface area (Å²) >= 11 is 5.94. The number of anilines is 1. The highest BCUT2D eigenvalue weighted by molar-refractivity contribution is 6.33. The van der Waals surface area contributed by atoms with Crippen LogP contribution in [0, 0.1) is 11.8 Å². The molecule has 1 saturated heterocycles. The van der Waals surface area contributed by atoms with Gasteiger partial charge in [-0.3, -0.25) is 4.79 Å². The van der Waals surface area contributed by atoms with E-state index in [2.05, 4.69) is 13.8 Å². The smallest absolute Gasteiger partial charge is 0.342 e. The first-order valence-corrected chi connectivity index (χ1v) is 8.27. The topological polar surface area (TPSA) is 81.9 Å². The third-order valence-corrected chi connectivity index (χ3v) is 4.41. The summed E-state index contributed by atoms with van der Waals surface area (Å²) in [4.78, 5) is 26.3. The number of hydrogen-bond donors (Lipinski definition) is 1. The lowest BCUT2D eigenvalue weighted by Gasteiger charge is -2.34. The maximum absolute atomic E-state index is 12.3. The van der Waals surface area contributed by atoms with Crippen molar-refractivity contribution in [2.45, 2.75) is 20.3 Å². The van der Waals surface area contributed by atoms with Crippen LogP contribution < -0.4 is 10.5 Å². The Bertz CT molecular complexity index is 625. The van der Waals surface area contributed by atoms with Gasteiger partial charge in [-0.05, 0) is 24.3 Å². The molecule has 0 spiro atoms. The third-order valence-electron chi connectivity index (χ3n) is 4.09. The first-order valence-electron chi connectivity index (χ1n) is 7.89. The number of ether oxygens (including phenoxy) is 2. The van der Waals surface area contributed by atoms with Gasteiger partial charge in [0.25, 0.3) is 5.91 Å². The zero-order valence-electron chi connectivity index (χ0n) is 14.2. The molecule has 0 radical (unpaired) electrons. The summed E-state index contributed by atoms with van der Waals surface area (Å²) in [7, 11) is 1.42. The second kappa shape index (κ2) is 7.75.